The Kier molecular flexibility index (Phi) is 9.90. The Morgan fingerprint density at radius 1 is 1.00 bits per heavy atom. The maximum absolute atomic E-state index is 12.0. The van der Waals surface area contributed by atoms with Crippen molar-refractivity contribution >= 4 is 5.78 Å². The number of carbonyl (C=O) groups is 1. The van der Waals surface area contributed by atoms with Crippen LogP contribution in [0, 0.1) is 17.8 Å². The molecule has 0 amide bonds. The first-order valence-corrected chi connectivity index (χ1v) is 12.7. The molecular formula is C28H46O3. The lowest BCUT2D eigenvalue weighted by Gasteiger charge is -2.37. The Labute approximate surface area is 191 Å². The standard InChI is InChI=1S/C28H46O3/c1-20(2)10-7-11-21(3)12-8-13-22(4)14-9-18-28(6)19-17-24-15-16-25(30)26(23(5)29)27(24)31-28/h15-16,20-22,30H,7-14,17-19H2,1-6H3. The van der Waals surface area contributed by atoms with Crippen LogP contribution in [0.5, 0.6) is 11.5 Å². The number of ketones is 1. The molecule has 2 rings (SSSR count). The zero-order valence-electron chi connectivity index (χ0n) is 20.9. The molecule has 1 aromatic rings. The third-order valence-electron chi connectivity index (χ3n) is 7.12. The highest BCUT2D eigenvalue weighted by Crippen LogP contribution is 2.41. The fourth-order valence-corrected chi connectivity index (χ4v) is 4.94. The summed E-state index contributed by atoms with van der Waals surface area (Å²) in [6, 6.07) is 3.51. The van der Waals surface area contributed by atoms with Crippen molar-refractivity contribution in [3.63, 3.8) is 0 Å². The Bertz CT molecular complexity index is 708. The van der Waals surface area contributed by atoms with Gasteiger partial charge in [0.15, 0.2) is 5.78 Å². The largest absolute Gasteiger partial charge is 0.507 e. The van der Waals surface area contributed by atoms with E-state index >= 15 is 0 Å². The van der Waals surface area contributed by atoms with Crippen LogP contribution in [-0.4, -0.2) is 16.5 Å². The molecule has 1 aliphatic heterocycles. The first-order valence-electron chi connectivity index (χ1n) is 12.7. The maximum Gasteiger partial charge on any atom is 0.167 e. The van der Waals surface area contributed by atoms with E-state index in [1.807, 2.05) is 6.07 Å². The summed E-state index contributed by atoms with van der Waals surface area (Å²) in [4.78, 5) is 12.0. The number of Topliss-reactive ketones (excluding diaryl/α,β-unsaturated/α-hetero) is 1. The van der Waals surface area contributed by atoms with Gasteiger partial charge >= 0.3 is 0 Å². The summed E-state index contributed by atoms with van der Waals surface area (Å²) in [5.41, 5.74) is 1.13. The summed E-state index contributed by atoms with van der Waals surface area (Å²) in [5.74, 6) is 2.94. The van der Waals surface area contributed by atoms with Gasteiger partial charge in [-0.25, -0.2) is 0 Å². The van der Waals surface area contributed by atoms with E-state index in [1.165, 1.54) is 51.9 Å². The molecule has 0 saturated carbocycles. The maximum atomic E-state index is 12.0. The summed E-state index contributed by atoms with van der Waals surface area (Å²) in [6.07, 6.45) is 13.4. The number of aromatic hydroxyl groups is 1. The van der Waals surface area contributed by atoms with Crippen LogP contribution in [0.25, 0.3) is 0 Å². The highest BCUT2D eigenvalue weighted by Gasteiger charge is 2.34. The number of aryl methyl sites for hydroxylation is 1. The highest BCUT2D eigenvalue weighted by molar-refractivity contribution is 6.00. The molecule has 0 spiro atoms. The number of phenolic OH excluding ortho intramolecular Hbond substituents is 1. The quantitative estimate of drug-likeness (QED) is 0.321. The Morgan fingerprint density at radius 3 is 2.16 bits per heavy atom. The third-order valence-corrected chi connectivity index (χ3v) is 7.12. The minimum atomic E-state index is -0.254. The van der Waals surface area contributed by atoms with E-state index in [-0.39, 0.29) is 17.1 Å². The average Bonchev–Trinajstić information content (AvgIpc) is 2.67. The van der Waals surface area contributed by atoms with Gasteiger partial charge in [0.2, 0.25) is 0 Å². The molecule has 0 aliphatic carbocycles. The minimum Gasteiger partial charge on any atom is -0.507 e. The normalized spacial score (nSPS) is 20.2. The minimum absolute atomic E-state index is 0.0301. The van der Waals surface area contributed by atoms with E-state index in [2.05, 4.69) is 34.6 Å². The average molecular weight is 431 g/mol. The molecule has 1 heterocycles. The molecule has 1 aliphatic rings. The van der Waals surface area contributed by atoms with Crippen LogP contribution >= 0.6 is 0 Å². The van der Waals surface area contributed by atoms with E-state index < -0.39 is 0 Å². The highest BCUT2D eigenvalue weighted by atomic mass is 16.5. The van der Waals surface area contributed by atoms with Crippen LogP contribution in [0.1, 0.15) is 122 Å². The second-order valence-electron chi connectivity index (χ2n) is 10.9. The van der Waals surface area contributed by atoms with Gasteiger partial charge in [-0.1, -0.05) is 78.7 Å². The molecule has 3 unspecified atom stereocenters. The van der Waals surface area contributed by atoms with Gasteiger partial charge in [0, 0.05) is 0 Å². The summed E-state index contributed by atoms with van der Waals surface area (Å²) >= 11 is 0. The molecule has 1 N–H and O–H groups in total. The molecular weight excluding hydrogens is 384 g/mol. The van der Waals surface area contributed by atoms with Gasteiger partial charge in [0.1, 0.15) is 22.7 Å². The smallest absolute Gasteiger partial charge is 0.167 e. The molecule has 3 heteroatoms. The predicted molar refractivity (Wildman–Crippen MR) is 130 cm³/mol. The van der Waals surface area contributed by atoms with Crippen molar-refractivity contribution in [2.75, 3.05) is 0 Å². The van der Waals surface area contributed by atoms with Crippen LogP contribution < -0.4 is 4.74 Å². The van der Waals surface area contributed by atoms with Crippen molar-refractivity contribution in [3.8, 4) is 11.5 Å². The van der Waals surface area contributed by atoms with Gasteiger partial charge in [-0.2, -0.15) is 0 Å². The number of hydrogen-bond donors (Lipinski definition) is 1. The van der Waals surface area contributed by atoms with E-state index in [9.17, 15) is 9.90 Å². The van der Waals surface area contributed by atoms with Crippen LogP contribution in [0.3, 0.4) is 0 Å². The van der Waals surface area contributed by atoms with E-state index in [0.717, 1.165) is 49.0 Å². The number of fused-ring (bicyclic) bond motifs is 1. The summed E-state index contributed by atoms with van der Waals surface area (Å²) in [5, 5.41) is 10.1. The summed E-state index contributed by atoms with van der Waals surface area (Å²) in [6.45, 7) is 13.1. The fraction of sp³-hybridized carbons (Fsp3) is 0.750. The Hall–Kier alpha value is -1.51. The summed E-state index contributed by atoms with van der Waals surface area (Å²) < 4.78 is 6.36. The number of rotatable bonds is 13. The molecule has 0 aromatic heterocycles. The topological polar surface area (TPSA) is 46.5 Å². The third kappa shape index (κ3) is 8.16. The van der Waals surface area contributed by atoms with Gasteiger partial charge in [-0.15, -0.1) is 0 Å². The van der Waals surface area contributed by atoms with Crippen molar-refractivity contribution in [2.24, 2.45) is 17.8 Å². The molecule has 0 radical (unpaired) electrons. The van der Waals surface area contributed by atoms with Crippen molar-refractivity contribution in [3.05, 3.63) is 23.3 Å². The zero-order valence-corrected chi connectivity index (χ0v) is 20.9. The number of carbonyl (C=O) groups excluding carboxylic acids is 1. The molecule has 1 aromatic carbocycles. The molecule has 31 heavy (non-hydrogen) atoms. The lowest BCUT2D eigenvalue weighted by Crippen LogP contribution is -2.37. The molecule has 0 bridgehead atoms. The Morgan fingerprint density at radius 2 is 1.58 bits per heavy atom. The van der Waals surface area contributed by atoms with Gasteiger partial charge in [-0.05, 0) is 68.9 Å². The SMILES string of the molecule is CC(=O)c1c(O)ccc2c1OC(C)(CCCC(C)CCCC(C)CCCC(C)C)CC2. The van der Waals surface area contributed by atoms with E-state index in [0.29, 0.717) is 11.3 Å². The van der Waals surface area contributed by atoms with Crippen molar-refractivity contribution in [1.29, 1.82) is 0 Å². The fourth-order valence-electron chi connectivity index (χ4n) is 4.94. The van der Waals surface area contributed by atoms with Gasteiger partial charge in [-0.3, -0.25) is 4.79 Å². The number of phenols is 1. The lowest BCUT2D eigenvalue weighted by molar-refractivity contribution is 0.0507. The molecule has 3 atom stereocenters. The van der Waals surface area contributed by atoms with Gasteiger partial charge in [0.25, 0.3) is 0 Å². The Balaban J connectivity index is 1.74. The van der Waals surface area contributed by atoms with Crippen LogP contribution in [0.4, 0.5) is 0 Å². The van der Waals surface area contributed by atoms with Crippen LogP contribution in [0.15, 0.2) is 12.1 Å². The molecule has 176 valence electrons. The lowest BCUT2D eigenvalue weighted by atomic mass is 9.85. The molecule has 0 saturated heterocycles. The zero-order chi connectivity index (χ0) is 23.0. The second kappa shape index (κ2) is 11.9. The van der Waals surface area contributed by atoms with Crippen molar-refractivity contribution in [1.82, 2.24) is 0 Å². The first-order chi connectivity index (χ1) is 14.6. The number of hydrogen-bond acceptors (Lipinski definition) is 3. The van der Waals surface area contributed by atoms with Crippen molar-refractivity contribution < 1.29 is 14.6 Å². The van der Waals surface area contributed by atoms with Crippen LogP contribution in [0.2, 0.25) is 0 Å². The monoisotopic (exact) mass is 430 g/mol. The van der Waals surface area contributed by atoms with Gasteiger partial charge in [0.05, 0.1) is 0 Å². The number of ether oxygens (including phenoxy) is 1. The second-order valence-corrected chi connectivity index (χ2v) is 10.9. The predicted octanol–water partition coefficient (Wildman–Crippen LogP) is 8.12. The van der Waals surface area contributed by atoms with Crippen molar-refractivity contribution in [2.45, 2.75) is 118 Å². The first kappa shape index (κ1) is 25.7. The van der Waals surface area contributed by atoms with E-state index in [1.54, 1.807) is 6.07 Å². The van der Waals surface area contributed by atoms with Crippen LogP contribution in [-0.2, 0) is 6.42 Å². The van der Waals surface area contributed by atoms with E-state index in [4.69, 9.17) is 4.74 Å². The molecule has 3 nitrogen and oxygen atoms in total. The summed E-state index contributed by atoms with van der Waals surface area (Å²) in [7, 11) is 0. The molecule has 0 fully saturated rings. The number of benzene rings is 1. The van der Waals surface area contributed by atoms with Gasteiger partial charge < -0.3 is 9.84 Å².